The molecule has 0 radical (unpaired) electrons. The number of piperazine rings is 1. The zero-order chi connectivity index (χ0) is 25.9. The van der Waals surface area contributed by atoms with Crippen molar-refractivity contribution in [3.05, 3.63) is 65.6 Å². The number of carbonyl (C=O) groups is 1. The summed E-state index contributed by atoms with van der Waals surface area (Å²) in [4.78, 5) is 20.2. The Kier molecular flexibility index (Phi) is 7.32. The van der Waals surface area contributed by atoms with E-state index in [1.165, 1.54) is 12.1 Å². The molecule has 2 aromatic carbocycles. The smallest absolute Gasteiger partial charge is 0.322 e. The van der Waals surface area contributed by atoms with Crippen LogP contribution >= 0.6 is 0 Å². The van der Waals surface area contributed by atoms with Crippen molar-refractivity contribution in [3.8, 4) is 11.4 Å². The van der Waals surface area contributed by atoms with Crippen molar-refractivity contribution in [1.82, 2.24) is 19.6 Å². The summed E-state index contributed by atoms with van der Waals surface area (Å²) in [6.07, 6.45) is 1.95. The molecule has 1 aliphatic carbocycles. The number of aromatic nitrogens is 2. The molecule has 1 aliphatic heterocycles. The Hall–Kier alpha value is -3.59. The number of hydrogen-bond acceptors (Lipinski definition) is 5. The number of ether oxygens (including phenoxy) is 1. The molecule has 8 nitrogen and oxygen atoms in total. The first kappa shape index (κ1) is 25.1. The quantitative estimate of drug-likeness (QED) is 0.481. The number of anilines is 2. The number of rotatable bonds is 8. The lowest BCUT2D eigenvalue weighted by Gasteiger charge is -2.36. The van der Waals surface area contributed by atoms with E-state index in [4.69, 9.17) is 9.84 Å². The molecule has 5 rings (SSSR count). The topological polar surface area (TPSA) is 65.9 Å². The summed E-state index contributed by atoms with van der Waals surface area (Å²) in [6.45, 7) is 9.18. The monoisotopic (exact) mass is 506 g/mol. The predicted molar refractivity (Wildman–Crippen MR) is 143 cm³/mol. The van der Waals surface area contributed by atoms with Crippen LogP contribution in [-0.2, 0) is 6.54 Å². The average Bonchev–Trinajstić information content (AvgIpc) is 3.70. The summed E-state index contributed by atoms with van der Waals surface area (Å²) in [5.41, 5.74) is 3.16. The molecule has 0 atom stereocenters. The fourth-order valence-corrected chi connectivity index (χ4v) is 4.98. The molecule has 2 aliphatic rings. The Balaban J connectivity index is 1.49. The average molecular weight is 507 g/mol. The van der Waals surface area contributed by atoms with Crippen LogP contribution in [0.25, 0.3) is 5.69 Å². The highest BCUT2D eigenvalue weighted by Crippen LogP contribution is 2.35. The Labute approximate surface area is 217 Å². The molecule has 1 N–H and O–H groups in total. The number of aryl methyl sites for hydroxylation is 1. The second kappa shape index (κ2) is 10.8. The maximum Gasteiger partial charge on any atom is 0.322 e. The standard InChI is InChI=1S/C28H35FN6O2/c1-4-32-14-16-33(17-15-32)27-24(20(2)31-35(27)23-9-7-8-21(29)18-23)19-34(22-12-13-22)28(36)30-25-10-5-6-11-26(25)37-3/h5-11,18,22H,4,12-17,19H2,1-3H3,(H,30,36). The first-order valence-corrected chi connectivity index (χ1v) is 13.0. The van der Waals surface area contributed by atoms with Crippen LogP contribution in [0.1, 0.15) is 31.0 Å². The first-order valence-electron chi connectivity index (χ1n) is 13.0. The summed E-state index contributed by atoms with van der Waals surface area (Å²) in [5, 5.41) is 7.90. The Morgan fingerprint density at radius 1 is 1.14 bits per heavy atom. The maximum atomic E-state index is 14.2. The SMILES string of the molecule is CCN1CCN(c2c(CN(C(=O)Nc3ccccc3OC)C3CC3)c(C)nn2-c2cccc(F)c2)CC1. The van der Waals surface area contributed by atoms with Gasteiger partial charge in [0.05, 0.1) is 30.7 Å². The largest absolute Gasteiger partial charge is 0.495 e. The van der Waals surface area contributed by atoms with Crippen molar-refractivity contribution >= 4 is 17.5 Å². The van der Waals surface area contributed by atoms with Crippen molar-refractivity contribution < 1.29 is 13.9 Å². The molecule has 2 amide bonds. The predicted octanol–water partition coefficient (Wildman–Crippen LogP) is 4.67. The van der Waals surface area contributed by atoms with E-state index in [2.05, 4.69) is 22.0 Å². The van der Waals surface area contributed by atoms with Crippen LogP contribution in [0.15, 0.2) is 48.5 Å². The third-order valence-corrected chi connectivity index (χ3v) is 7.25. The van der Waals surface area contributed by atoms with Crippen LogP contribution in [0.4, 0.5) is 20.7 Å². The van der Waals surface area contributed by atoms with Crippen LogP contribution in [-0.4, -0.2) is 71.5 Å². The molecule has 0 unspecified atom stereocenters. The Morgan fingerprint density at radius 2 is 1.89 bits per heavy atom. The normalized spacial score (nSPS) is 16.1. The van der Waals surface area contributed by atoms with E-state index in [0.717, 1.165) is 62.6 Å². The highest BCUT2D eigenvalue weighted by atomic mass is 19.1. The van der Waals surface area contributed by atoms with Crippen LogP contribution in [0.2, 0.25) is 0 Å². The molecular formula is C28H35FN6O2. The van der Waals surface area contributed by atoms with Crippen LogP contribution < -0.4 is 15.0 Å². The van der Waals surface area contributed by atoms with Crippen molar-refractivity contribution in [2.45, 2.75) is 39.3 Å². The zero-order valence-corrected chi connectivity index (χ0v) is 21.8. The minimum absolute atomic E-state index is 0.161. The van der Waals surface area contributed by atoms with Gasteiger partial charge in [0.15, 0.2) is 0 Å². The minimum atomic E-state index is -0.301. The number of nitrogens with one attached hydrogen (secondary N) is 1. The first-order chi connectivity index (χ1) is 18.0. The number of nitrogens with zero attached hydrogens (tertiary/aromatic N) is 5. The Morgan fingerprint density at radius 3 is 2.57 bits per heavy atom. The van der Waals surface area contributed by atoms with Gasteiger partial charge in [0.25, 0.3) is 0 Å². The molecular weight excluding hydrogens is 471 g/mol. The molecule has 196 valence electrons. The second-order valence-electron chi connectivity index (χ2n) is 9.69. The fourth-order valence-electron chi connectivity index (χ4n) is 4.98. The van der Waals surface area contributed by atoms with Crippen molar-refractivity contribution in [2.75, 3.05) is 50.1 Å². The lowest BCUT2D eigenvalue weighted by molar-refractivity contribution is 0.206. The molecule has 0 spiro atoms. The van der Waals surface area contributed by atoms with Gasteiger partial charge in [-0.15, -0.1) is 0 Å². The summed E-state index contributed by atoms with van der Waals surface area (Å²) < 4.78 is 21.5. The number of likely N-dealkylation sites (N-methyl/N-ethyl adjacent to an activating group) is 1. The van der Waals surface area contributed by atoms with Crippen LogP contribution in [0.5, 0.6) is 5.75 Å². The molecule has 2 heterocycles. The number of benzene rings is 2. The van der Waals surface area contributed by atoms with Crippen LogP contribution in [0, 0.1) is 12.7 Å². The van der Waals surface area contributed by atoms with Gasteiger partial charge in [-0.25, -0.2) is 13.9 Å². The van der Waals surface area contributed by atoms with Gasteiger partial charge in [0.1, 0.15) is 17.4 Å². The number of urea groups is 1. The molecule has 0 bridgehead atoms. The zero-order valence-electron chi connectivity index (χ0n) is 21.8. The van der Waals surface area contributed by atoms with Gasteiger partial charge < -0.3 is 24.8 Å². The molecule has 3 aromatic rings. The van der Waals surface area contributed by atoms with Gasteiger partial charge in [-0.3, -0.25) is 0 Å². The number of amides is 2. The summed E-state index contributed by atoms with van der Waals surface area (Å²) in [7, 11) is 1.60. The third-order valence-electron chi connectivity index (χ3n) is 7.25. The van der Waals surface area contributed by atoms with E-state index in [9.17, 15) is 9.18 Å². The van der Waals surface area contributed by atoms with E-state index >= 15 is 0 Å². The Bertz CT molecular complexity index is 1250. The van der Waals surface area contributed by atoms with E-state index in [1.54, 1.807) is 13.2 Å². The van der Waals surface area contributed by atoms with Gasteiger partial charge in [-0.2, -0.15) is 5.10 Å². The van der Waals surface area contributed by atoms with Crippen molar-refractivity contribution in [3.63, 3.8) is 0 Å². The van der Waals surface area contributed by atoms with E-state index in [0.29, 0.717) is 23.7 Å². The summed E-state index contributed by atoms with van der Waals surface area (Å²) in [5.74, 6) is 1.26. The highest BCUT2D eigenvalue weighted by molar-refractivity contribution is 5.91. The van der Waals surface area contributed by atoms with Crippen LogP contribution in [0.3, 0.4) is 0 Å². The minimum Gasteiger partial charge on any atom is -0.495 e. The fraction of sp³-hybridized carbons (Fsp3) is 0.429. The van der Waals surface area contributed by atoms with E-state index in [1.807, 2.05) is 46.8 Å². The lowest BCUT2D eigenvalue weighted by atomic mass is 10.2. The number of hydrogen-bond donors (Lipinski definition) is 1. The number of para-hydroxylation sites is 2. The molecule has 9 heteroatoms. The molecule has 1 saturated carbocycles. The highest BCUT2D eigenvalue weighted by Gasteiger charge is 2.35. The number of carbonyl (C=O) groups excluding carboxylic acids is 1. The maximum absolute atomic E-state index is 14.2. The number of halogens is 1. The van der Waals surface area contributed by atoms with Gasteiger partial charge in [-0.1, -0.05) is 25.1 Å². The van der Waals surface area contributed by atoms with Crippen molar-refractivity contribution in [2.24, 2.45) is 0 Å². The molecule has 2 fully saturated rings. The van der Waals surface area contributed by atoms with Gasteiger partial charge >= 0.3 is 6.03 Å². The summed E-state index contributed by atoms with van der Waals surface area (Å²) >= 11 is 0. The summed E-state index contributed by atoms with van der Waals surface area (Å²) in [6, 6.07) is 14.0. The third kappa shape index (κ3) is 5.41. The van der Waals surface area contributed by atoms with Gasteiger partial charge in [0, 0.05) is 37.8 Å². The second-order valence-corrected chi connectivity index (χ2v) is 9.69. The van der Waals surface area contributed by atoms with Gasteiger partial charge in [0.2, 0.25) is 0 Å². The molecule has 37 heavy (non-hydrogen) atoms. The molecule has 1 aromatic heterocycles. The van der Waals surface area contributed by atoms with E-state index in [-0.39, 0.29) is 17.9 Å². The van der Waals surface area contributed by atoms with Crippen molar-refractivity contribution in [1.29, 1.82) is 0 Å². The lowest BCUT2D eigenvalue weighted by Crippen LogP contribution is -2.47. The molecule has 1 saturated heterocycles. The van der Waals surface area contributed by atoms with E-state index < -0.39 is 0 Å². The van der Waals surface area contributed by atoms with Gasteiger partial charge in [-0.05, 0) is 56.6 Å². The number of methoxy groups -OCH3 is 1.